The van der Waals surface area contributed by atoms with Crippen molar-refractivity contribution >= 4 is 39.5 Å². The van der Waals surface area contributed by atoms with E-state index in [2.05, 4.69) is 15.4 Å². The highest BCUT2D eigenvalue weighted by atomic mass is 35.5. The molecule has 0 bridgehead atoms. The minimum atomic E-state index is -0.428. The van der Waals surface area contributed by atoms with Crippen molar-refractivity contribution in [3.05, 3.63) is 81.0 Å². The summed E-state index contributed by atoms with van der Waals surface area (Å²) in [6.45, 7) is 0. The monoisotopic (exact) mass is 382 g/mol. The van der Waals surface area contributed by atoms with E-state index in [1.807, 2.05) is 18.2 Å². The first kappa shape index (κ1) is 16.4. The fourth-order valence-corrected chi connectivity index (χ4v) is 3.32. The summed E-state index contributed by atoms with van der Waals surface area (Å²) >= 11 is 6.94. The van der Waals surface area contributed by atoms with E-state index < -0.39 is 5.56 Å². The summed E-state index contributed by atoms with van der Waals surface area (Å²) in [5, 5.41) is 7.68. The fourth-order valence-electron chi connectivity index (χ4n) is 2.38. The molecule has 0 spiro atoms. The van der Waals surface area contributed by atoms with Gasteiger partial charge in [-0.15, -0.1) is 0 Å². The number of carbonyl (C=O) groups is 1. The Morgan fingerprint density at radius 1 is 1.08 bits per heavy atom. The highest BCUT2D eigenvalue weighted by molar-refractivity contribution is 7.18. The normalized spacial score (nSPS) is 10.8. The number of hydrogen-bond donors (Lipinski definition) is 1. The third-order valence-corrected chi connectivity index (χ3v) is 4.84. The summed E-state index contributed by atoms with van der Waals surface area (Å²) in [6, 6.07) is 15.9. The first-order valence-corrected chi connectivity index (χ1v) is 8.82. The smallest absolute Gasteiger partial charge is 0.300 e. The zero-order valence-corrected chi connectivity index (χ0v) is 14.8. The molecule has 0 aliphatic heterocycles. The SMILES string of the molecule is O=C(Nc1ccc(Cl)cc1)c1cn2nc(-c3ccccc3)c(=O)nc2s1. The molecular formula is C18H11ClN4O2S. The Kier molecular flexibility index (Phi) is 4.24. The van der Waals surface area contributed by atoms with Crippen LogP contribution in [0.5, 0.6) is 0 Å². The molecule has 0 fully saturated rings. The molecule has 2 aromatic heterocycles. The standard InChI is InChI=1S/C18H11ClN4O2S/c19-12-6-8-13(9-7-12)20-16(24)14-10-23-18(26-14)21-17(25)15(22-23)11-4-2-1-3-5-11/h1-10H,(H,20,24). The van der Waals surface area contributed by atoms with Crippen LogP contribution in [0.25, 0.3) is 16.2 Å². The average molecular weight is 383 g/mol. The Labute approximate surface area is 156 Å². The molecule has 0 saturated heterocycles. The third-order valence-electron chi connectivity index (χ3n) is 3.62. The lowest BCUT2D eigenvalue weighted by molar-refractivity contribution is 0.103. The molecule has 0 atom stereocenters. The van der Waals surface area contributed by atoms with Gasteiger partial charge in [-0.25, -0.2) is 4.52 Å². The number of carbonyl (C=O) groups excluding carboxylic acids is 1. The van der Waals surface area contributed by atoms with Gasteiger partial charge < -0.3 is 5.32 Å². The van der Waals surface area contributed by atoms with Crippen molar-refractivity contribution in [2.45, 2.75) is 0 Å². The maximum absolute atomic E-state index is 12.4. The van der Waals surface area contributed by atoms with Crippen molar-refractivity contribution < 1.29 is 4.79 Å². The van der Waals surface area contributed by atoms with Crippen LogP contribution in [0.15, 0.2) is 65.6 Å². The summed E-state index contributed by atoms with van der Waals surface area (Å²) in [6.07, 6.45) is 1.56. The molecule has 26 heavy (non-hydrogen) atoms. The number of benzene rings is 2. The van der Waals surface area contributed by atoms with Crippen LogP contribution in [0.3, 0.4) is 0 Å². The zero-order chi connectivity index (χ0) is 18.1. The van der Waals surface area contributed by atoms with Crippen molar-refractivity contribution in [2.75, 3.05) is 5.32 Å². The van der Waals surface area contributed by atoms with Crippen molar-refractivity contribution in [1.82, 2.24) is 14.6 Å². The number of thiazole rings is 1. The maximum Gasteiger partial charge on any atom is 0.300 e. The molecule has 128 valence electrons. The van der Waals surface area contributed by atoms with Gasteiger partial charge in [0.15, 0.2) is 5.69 Å². The minimum Gasteiger partial charge on any atom is -0.321 e. The number of amides is 1. The molecule has 0 aliphatic rings. The van der Waals surface area contributed by atoms with Gasteiger partial charge in [-0.05, 0) is 24.3 Å². The van der Waals surface area contributed by atoms with Crippen molar-refractivity contribution in [1.29, 1.82) is 0 Å². The number of rotatable bonds is 3. The molecule has 0 unspecified atom stereocenters. The molecule has 0 aliphatic carbocycles. The number of hydrogen-bond acceptors (Lipinski definition) is 5. The molecule has 2 heterocycles. The highest BCUT2D eigenvalue weighted by Gasteiger charge is 2.15. The summed E-state index contributed by atoms with van der Waals surface area (Å²) in [4.78, 5) is 29.5. The van der Waals surface area contributed by atoms with Gasteiger partial charge in [0.05, 0.1) is 6.20 Å². The van der Waals surface area contributed by atoms with E-state index in [0.29, 0.717) is 26.1 Å². The fraction of sp³-hybridized carbons (Fsp3) is 0. The maximum atomic E-state index is 12.4. The lowest BCUT2D eigenvalue weighted by atomic mass is 10.2. The van der Waals surface area contributed by atoms with Gasteiger partial charge in [-0.2, -0.15) is 10.1 Å². The van der Waals surface area contributed by atoms with E-state index in [0.717, 1.165) is 11.3 Å². The largest absolute Gasteiger partial charge is 0.321 e. The topological polar surface area (TPSA) is 76.4 Å². The van der Waals surface area contributed by atoms with E-state index in [1.54, 1.807) is 42.6 Å². The molecule has 4 rings (SSSR count). The van der Waals surface area contributed by atoms with Crippen LogP contribution in [0.1, 0.15) is 9.67 Å². The predicted molar refractivity (Wildman–Crippen MR) is 102 cm³/mol. The van der Waals surface area contributed by atoms with Gasteiger partial charge in [0.1, 0.15) is 4.88 Å². The van der Waals surface area contributed by atoms with Crippen LogP contribution in [-0.2, 0) is 0 Å². The van der Waals surface area contributed by atoms with E-state index >= 15 is 0 Å². The number of nitrogens with zero attached hydrogens (tertiary/aromatic N) is 3. The molecule has 4 aromatic rings. The Hall–Kier alpha value is -3.03. The van der Waals surface area contributed by atoms with Crippen LogP contribution < -0.4 is 10.9 Å². The third kappa shape index (κ3) is 3.22. The van der Waals surface area contributed by atoms with Crippen molar-refractivity contribution in [2.24, 2.45) is 0 Å². The summed E-state index contributed by atoms with van der Waals surface area (Å²) in [7, 11) is 0. The molecule has 0 radical (unpaired) electrons. The molecule has 1 amide bonds. The molecule has 6 nitrogen and oxygen atoms in total. The van der Waals surface area contributed by atoms with Crippen LogP contribution in [-0.4, -0.2) is 20.5 Å². The van der Waals surface area contributed by atoms with Crippen molar-refractivity contribution in [3.63, 3.8) is 0 Å². The molecular weight excluding hydrogens is 372 g/mol. The van der Waals surface area contributed by atoms with Crippen LogP contribution in [0, 0.1) is 0 Å². The number of aromatic nitrogens is 3. The zero-order valence-electron chi connectivity index (χ0n) is 13.2. The number of anilines is 1. The summed E-state index contributed by atoms with van der Waals surface area (Å²) in [5.74, 6) is -0.307. The van der Waals surface area contributed by atoms with E-state index in [9.17, 15) is 9.59 Å². The number of fused-ring (bicyclic) bond motifs is 1. The van der Waals surface area contributed by atoms with Gasteiger partial charge in [-0.1, -0.05) is 53.3 Å². The first-order valence-electron chi connectivity index (χ1n) is 7.63. The second-order valence-corrected chi connectivity index (χ2v) is 6.86. The van der Waals surface area contributed by atoms with Crippen LogP contribution in [0.2, 0.25) is 5.02 Å². The van der Waals surface area contributed by atoms with Gasteiger partial charge in [-0.3, -0.25) is 9.59 Å². The van der Waals surface area contributed by atoms with E-state index in [-0.39, 0.29) is 11.6 Å². The van der Waals surface area contributed by atoms with Crippen LogP contribution in [0.4, 0.5) is 5.69 Å². The highest BCUT2D eigenvalue weighted by Crippen LogP contribution is 2.19. The minimum absolute atomic E-state index is 0.241. The summed E-state index contributed by atoms with van der Waals surface area (Å²) < 4.78 is 1.45. The van der Waals surface area contributed by atoms with Gasteiger partial charge in [0.25, 0.3) is 5.91 Å². The Balaban J connectivity index is 1.68. The Morgan fingerprint density at radius 2 is 1.81 bits per heavy atom. The Bertz CT molecular complexity index is 1150. The molecule has 0 saturated carbocycles. The Morgan fingerprint density at radius 3 is 2.54 bits per heavy atom. The number of nitrogens with one attached hydrogen (secondary N) is 1. The van der Waals surface area contributed by atoms with Gasteiger partial charge in [0, 0.05) is 16.3 Å². The van der Waals surface area contributed by atoms with Crippen LogP contribution >= 0.6 is 22.9 Å². The molecule has 2 aromatic carbocycles. The van der Waals surface area contributed by atoms with E-state index in [1.165, 1.54) is 4.52 Å². The van der Waals surface area contributed by atoms with E-state index in [4.69, 9.17) is 11.6 Å². The molecule has 8 heteroatoms. The molecule has 1 N–H and O–H groups in total. The quantitative estimate of drug-likeness (QED) is 0.585. The van der Waals surface area contributed by atoms with Crippen molar-refractivity contribution in [3.8, 4) is 11.3 Å². The number of halogens is 1. The summed E-state index contributed by atoms with van der Waals surface area (Å²) in [5.41, 5.74) is 1.11. The lowest BCUT2D eigenvalue weighted by Gasteiger charge is -2.02. The van der Waals surface area contributed by atoms with Gasteiger partial charge >= 0.3 is 5.56 Å². The average Bonchev–Trinajstić information content (AvgIpc) is 3.06. The second-order valence-electron chi connectivity index (χ2n) is 5.42. The van der Waals surface area contributed by atoms with Gasteiger partial charge in [0.2, 0.25) is 4.96 Å². The predicted octanol–water partition coefficient (Wildman–Crippen LogP) is 3.72. The lowest BCUT2D eigenvalue weighted by Crippen LogP contribution is -2.14. The first-order chi connectivity index (χ1) is 12.6. The second kappa shape index (κ2) is 6.70.